The Balaban J connectivity index is 1.94. The zero-order chi connectivity index (χ0) is 21.7. The molecule has 0 fully saturated rings. The van der Waals surface area contributed by atoms with E-state index in [0.717, 1.165) is 17.2 Å². The van der Waals surface area contributed by atoms with Crippen LogP contribution in [0.3, 0.4) is 0 Å². The van der Waals surface area contributed by atoms with Crippen LogP contribution in [0, 0.1) is 11.3 Å². The summed E-state index contributed by atoms with van der Waals surface area (Å²) in [4.78, 5) is 24.3. The average Bonchev–Trinajstić information content (AvgIpc) is 2.76. The summed E-state index contributed by atoms with van der Waals surface area (Å²) in [6.45, 7) is 0.198. The number of nitrogens with one attached hydrogen (secondary N) is 1. The lowest BCUT2D eigenvalue weighted by Gasteiger charge is -2.18. The number of nitriles is 1. The second-order valence-electron chi connectivity index (χ2n) is 6.65. The molecule has 152 valence electrons. The number of benzene rings is 3. The molecule has 5 nitrogen and oxygen atoms in total. The number of hydrogen-bond acceptors (Lipinski definition) is 4. The molecule has 0 spiro atoms. The van der Waals surface area contributed by atoms with E-state index in [2.05, 4.69) is 11.4 Å². The van der Waals surface area contributed by atoms with Crippen molar-refractivity contribution in [2.45, 2.75) is 12.3 Å². The monoisotopic (exact) mass is 440 g/mol. The number of hydrogen-bond donors (Lipinski definition) is 1. The molecule has 1 atom stereocenters. The highest BCUT2D eigenvalue weighted by Gasteiger charge is 2.22. The van der Waals surface area contributed by atoms with E-state index in [1.54, 1.807) is 30.3 Å². The summed E-state index contributed by atoms with van der Waals surface area (Å²) >= 11 is 12.1. The minimum absolute atomic E-state index is 0.198. The number of methoxy groups -OCH3 is 1. The summed E-state index contributed by atoms with van der Waals surface area (Å²) in [5.41, 5.74) is 1.35. The van der Waals surface area contributed by atoms with Crippen LogP contribution in [0.15, 0.2) is 48.5 Å². The number of ether oxygens (including phenoxy) is 1. The standard InChI is InChI=1S/C23H18Cl2N2O3/c1-30-22-17(12-26)10-15-4-2-3-5-18(15)21(22)23(29)27-13-16(8-9-28)14-6-7-19(24)20(25)11-14/h2-7,9-11,16H,8,13H2,1H3,(H,27,29). The second kappa shape index (κ2) is 9.62. The molecule has 1 amide bonds. The lowest BCUT2D eigenvalue weighted by molar-refractivity contribution is -0.108. The Morgan fingerprint density at radius 1 is 1.20 bits per heavy atom. The predicted molar refractivity (Wildman–Crippen MR) is 117 cm³/mol. The van der Waals surface area contributed by atoms with Crippen molar-refractivity contribution in [1.82, 2.24) is 5.32 Å². The number of fused-ring (bicyclic) bond motifs is 1. The fourth-order valence-corrected chi connectivity index (χ4v) is 3.68. The van der Waals surface area contributed by atoms with E-state index in [1.165, 1.54) is 7.11 Å². The van der Waals surface area contributed by atoms with Crippen LogP contribution >= 0.6 is 23.2 Å². The number of halogens is 2. The summed E-state index contributed by atoms with van der Waals surface area (Å²) in [5, 5.41) is 14.6. The Kier molecular flexibility index (Phi) is 6.94. The molecule has 30 heavy (non-hydrogen) atoms. The molecule has 0 heterocycles. The Morgan fingerprint density at radius 2 is 1.97 bits per heavy atom. The molecular weight excluding hydrogens is 423 g/mol. The van der Waals surface area contributed by atoms with Gasteiger partial charge in [0.2, 0.25) is 0 Å². The van der Waals surface area contributed by atoms with Gasteiger partial charge in [0.1, 0.15) is 18.1 Å². The van der Waals surface area contributed by atoms with Crippen LogP contribution in [-0.2, 0) is 4.79 Å². The van der Waals surface area contributed by atoms with Crippen molar-refractivity contribution in [3.8, 4) is 11.8 Å². The quantitative estimate of drug-likeness (QED) is 0.516. The van der Waals surface area contributed by atoms with Gasteiger partial charge < -0.3 is 14.8 Å². The molecule has 7 heteroatoms. The first-order valence-corrected chi connectivity index (χ1v) is 9.92. The van der Waals surface area contributed by atoms with Gasteiger partial charge in [0, 0.05) is 18.9 Å². The van der Waals surface area contributed by atoms with Gasteiger partial charge >= 0.3 is 0 Å². The van der Waals surface area contributed by atoms with Crippen molar-refractivity contribution in [3.63, 3.8) is 0 Å². The number of rotatable bonds is 7. The zero-order valence-electron chi connectivity index (χ0n) is 16.1. The van der Waals surface area contributed by atoms with Crippen molar-refractivity contribution in [2.24, 2.45) is 0 Å². The summed E-state index contributed by atoms with van der Waals surface area (Å²) in [6.07, 6.45) is 1.000. The van der Waals surface area contributed by atoms with Crippen LogP contribution in [0.25, 0.3) is 10.8 Å². The Labute approximate surface area is 184 Å². The van der Waals surface area contributed by atoms with Crippen molar-refractivity contribution in [3.05, 3.63) is 75.3 Å². The molecule has 0 aliphatic heterocycles. The van der Waals surface area contributed by atoms with E-state index < -0.39 is 5.91 Å². The Hall–Kier alpha value is -3.07. The van der Waals surface area contributed by atoms with E-state index in [0.29, 0.717) is 15.4 Å². The highest BCUT2D eigenvalue weighted by Crippen LogP contribution is 2.32. The second-order valence-corrected chi connectivity index (χ2v) is 7.46. The lowest BCUT2D eigenvalue weighted by Crippen LogP contribution is -2.29. The first kappa shape index (κ1) is 21.6. The van der Waals surface area contributed by atoms with Crippen LogP contribution in [0.5, 0.6) is 5.75 Å². The third-order valence-electron chi connectivity index (χ3n) is 4.86. The minimum atomic E-state index is -0.392. The predicted octanol–water partition coefficient (Wildman–Crippen LogP) is 5.13. The van der Waals surface area contributed by atoms with Gasteiger partial charge in [-0.3, -0.25) is 4.79 Å². The van der Waals surface area contributed by atoms with Crippen LogP contribution in [0.2, 0.25) is 10.0 Å². The Morgan fingerprint density at radius 3 is 2.63 bits per heavy atom. The normalized spacial score (nSPS) is 11.5. The summed E-state index contributed by atoms with van der Waals surface area (Å²) in [6, 6.07) is 16.2. The van der Waals surface area contributed by atoms with Gasteiger partial charge in [-0.15, -0.1) is 0 Å². The van der Waals surface area contributed by atoms with Crippen molar-refractivity contribution in [2.75, 3.05) is 13.7 Å². The van der Waals surface area contributed by atoms with Crippen LogP contribution in [0.1, 0.15) is 33.8 Å². The third-order valence-corrected chi connectivity index (χ3v) is 5.60. The average molecular weight is 441 g/mol. The molecule has 3 aromatic carbocycles. The molecule has 3 aromatic rings. The third kappa shape index (κ3) is 4.40. The molecule has 0 aliphatic rings. The largest absolute Gasteiger partial charge is 0.495 e. The van der Waals surface area contributed by atoms with Crippen molar-refractivity contribution < 1.29 is 14.3 Å². The zero-order valence-corrected chi connectivity index (χ0v) is 17.6. The minimum Gasteiger partial charge on any atom is -0.495 e. The number of aldehydes is 1. The fourth-order valence-electron chi connectivity index (χ4n) is 3.37. The molecule has 1 unspecified atom stereocenters. The molecular formula is C23H18Cl2N2O3. The van der Waals surface area contributed by atoms with Gasteiger partial charge in [0.15, 0.2) is 0 Å². The van der Waals surface area contributed by atoms with Crippen LogP contribution < -0.4 is 10.1 Å². The van der Waals surface area contributed by atoms with Crippen LogP contribution in [-0.4, -0.2) is 25.8 Å². The van der Waals surface area contributed by atoms with Crippen molar-refractivity contribution in [1.29, 1.82) is 5.26 Å². The van der Waals surface area contributed by atoms with Gasteiger partial charge in [0.05, 0.1) is 28.3 Å². The molecule has 0 aromatic heterocycles. The SMILES string of the molecule is COc1c(C#N)cc2ccccc2c1C(=O)NCC(CC=O)c1ccc(Cl)c(Cl)c1. The summed E-state index contributed by atoms with van der Waals surface area (Å²) < 4.78 is 5.39. The Bertz CT molecular complexity index is 1160. The van der Waals surface area contributed by atoms with E-state index in [-0.39, 0.29) is 35.8 Å². The fraction of sp³-hybridized carbons (Fsp3) is 0.174. The van der Waals surface area contributed by atoms with Gasteiger partial charge in [-0.1, -0.05) is 53.5 Å². The van der Waals surface area contributed by atoms with Gasteiger partial charge in [-0.05, 0) is 34.5 Å². The maximum Gasteiger partial charge on any atom is 0.255 e. The lowest BCUT2D eigenvalue weighted by atomic mass is 9.95. The van der Waals surface area contributed by atoms with Gasteiger partial charge in [0.25, 0.3) is 5.91 Å². The van der Waals surface area contributed by atoms with E-state index in [1.807, 2.05) is 18.2 Å². The molecule has 0 bridgehead atoms. The molecule has 0 saturated carbocycles. The maximum absolute atomic E-state index is 13.1. The number of carbonyl (C=O) groups is 2. The van der Waals surface area contributed by atoms with Gasteiger partial charge in [-0.2, -0.15) is 5.26 Å². The van der Waals surface area contributed by atoms with Gasteiger partial charge in [-0.25, -0.2) is 0 Å². The number of carbonyl (C=O) groups excluding carboxylic acids is 2. The molecule has 3 rings (SSSR count). The first-order valence-electron chi connectivity index (χ1n) is 9.16. The molecule has 0 saturated heterocycles. The number of nitrogens with zero attached hydrogens (tertiary/aromatic N) is 1. The topological polar surface area (TPSA) is 79.2 Å². The van der Waals surface area contributed by atoms with Crippen molar-refractivity contribution >= 4 is 46.2 Å². The molecule has 0 radical (unpaired) electrons. The van der Waals surface area contributed by atoms with E-state index in [9.17, 15) is 14.9 Å². The number of amides is 1. The first-order chi connectivity index (χ1) is 14.5. The summed E-state index contributed by atoms with van der Waals surface area (Å²) in [7, 11) is 1.42. The van der Waals surface area contributed by atoms with Crippen LogP contribution in [0.4, 0.5) is 0 Å². The van der Waals surface area contributed by atoms with E-state index >= 15 is 0 Å². The highest BCUT2D eigenvalue weighted by atomic mass is 35.5. The summed E-state index contributed by atoms with van der Waals surface area (Å²) in [5.74, 6) is -0.455. The molecule has 0 aliphatic carbocycles. The highest BCUT2D eigenvalue weighted by molar-refractivity contribution is 6.42. The smallest absolute Gasteiger partial charge is 0.255 e. The molecule has 1 N–H and O–H groups in total. The van der Waals surface area contributed by atoms with E-state index in [4.69, 9.17) is 27.9 Å². The maximum atomic E-state index is 13.1.